The van der Waals surface area contributed by atoms with E-state index >= 15 is 0 Å². The van der Waals surface area contributed by atoms with Crippen LogP contribution in [0.25, 0.3) is 11.3 Å². The summed E-state index contributed by atoms with van der Waals surface area (Å²) < 4.78 is 11.4. The summed E-state index contributed by atoms with van der Waals surface area (Å²) in [6.07, 6.45) is 1.11. The molecule has 1 aliphatic heterocycles. The largest absolute Gasteiger partial charge is 0.497 e. The van der Waals surface area contributed by atoms with Gasteiger partial charge >= 0.3 is 6.09 Å². The highest BCUT2D eigenvalue weighted by Gasteiger charge is 2.58. The van der Waals surface area contributed by atoms with E-state index in [0.29, 0.717) is 11.4 Å². The number of aromatic nitrogens is 2. The van der Waals surface area contributed by atoms with Gasteiger partial charge in [-0.05, 0) is 48.7 Å². The summed E-state index contributed by atoms with van der Waals surface area (Å²) in [5.41, 5.74) is 2.64. The monoisotopic (exact) mass is 481 g/mol. The van der Waals surface area contributed by atoms with Crippen LogP contribution in [0.3, 0.4) is 0 Å². The molecule has 36 heavy (non-hydrogen) atoms. The van der Waals surface area contributed by atoms with Gasteiger partial charge in [-0.25, -0.2) is 14.7 Å². The number of benzene rings is 3. The van der Waals surface area contributed by atoms with Crippen LogP contribution in [0.2, 0.25) is 0 Å². The second-order valence-corrected chi connectivity index (χ2v) is 9.00. The van der Waals surface area contributed by atoms with E-state index in [1.54, 1.807) is 13.3 Å². The van der Waals surface area contributed by atoms with Gasteiger partial charge in [0.2, 0.25) is 0 Å². The first-order valence-electron chi connectivity index (χ1n) is 11.8. The van der Waals surface area contributed by atoms with Gasteiger partial charge in [0.05, 0.1) is 25.0 Å². The van der Waals surface area contributed by atoms with Crippen LogP contribution in [-0.2, 0) is 21.6 Å². The maximum Gasteiger partial charge on any atom is 0.418 e. The van der Waals surface area contributed by atoms with E-state index in [9.17, 15) is 9.59 Å². The predicted molar refractivity (Wildman–Crippen MR) is 135 cm³/mol. The van der Waals surface area contributed by atoms with Gasteiger partial charge in [-0.15, -0.1) is 0 Å². The molecule has 1 N–H and O–H groups in total. The van der Waals surface area contributed by atoms with Crippen molar-refractivity contribution in [1.29, 1.82) is 0 Å². The highest BCUT2D eigenvalue weighted by Crippen LogP contribution is 2.41. The number of cyclic esters (lactones) is 1. The van der Waals surface area contributed by atoms with Crippen molar-refractivity contribution in [3.8, 4) is 17.0 Å². The van der Waals surface area contributed by atoms with Crippen LogP contribution < -0.4 is 4.74 Å². The summed E-state index contributed by atoms with van der Waals surface area (Å²) in [5.74, 6) is 0.546. The molecule has 0 radical (unpaired) electrons. The van der Waals surface area contributed by atoms with Crippen LogP contribution in [-0.4, -0.2) is 34.0 Å². The normalized spacial score (nSPS) is 18.2. The number of imide groups is 1. The van der Waals surface area contributed by atoms with E-state index in [1.807, 2.05) is 92.7 Å². The number of hydrogen-bond donors (Lipinski definition) is 1. The van der Waals surface area contributed by atoms with Crippen molar-refractivity contribution in [2.45, 2.75) is 31.9 Å². The summed E-state index contributed by atoms with van der Waals surface area (Å²) >= 11 is 0. The number of nitrogens with one attached hydrogen (secondary N) is 1. The first kappa shape index (κ1) is 23.4. The Hall–Kier alpha value is -4.39. The molecule has 0 saturated carbocycles. The third-order valence-corrected chi connectivity index (χ3v) is 6.54. The maximum absolute atomic E-state index is 14.1. The molecule has 2 heterocycles. The van der Waals surface area contributed by atoms with Crippen molar-refractivity contribution < 1.29 is 19.1 Å². The number of carbonyl (C=O) groups is 2. The first-order valence-corrected chi connectivity index (χ1v) is 11.8. The minimum absolute atomic E-state index is 0.153. The fraction of sp³-hybridized carbons (Fsp3) is 0.207. The molecular formula is C29H27N3O4. The average molecular weight is 482 g/mol. The van der Waals surface area contributed by atoms with Gasteiger partial charge in [0.25, 0.3) is 11.5 Å². The molecule has 4 aromatic rings. The van der Waals surface area contributed by atoms with Crippen molar-refractivity contribution in [2.75, 3.05) is 7.11 Å². The fourth-order valence-corrected chi connectivity index (χ4v) is 4.66. The summed E-state index contributed by atoms with van der Waals surface area (Å²) in [4.78, 5) is 36.3. The molecule has 2 atom stereocenters. The number of H-pyrrole nitrogens is 1. The van der Waals surface area contributed by atoms with E-state index in [-0.39, 0.29) is 12.2 Å². The molecule has 2 amide bonds. The molecule has 0 spiro atoms. The van der Waals surface area contributed by atoms with Crippen LogP contribution in [0, 0.1) is 6.92 Å². The lowest BCUT2D eigenvalue weighted by molar-refractivity contribution is -0.139. The number of methoxy groups -OCH3 is 1. The van der Waals surface area contributed by atoms with Crippen molar-refractivity contribution in [3.63, 3.8) is 0 Å². The summed E-state index contributed by atoms with van der Waals surface area (Å²) in [6.45, 7) is 3.80. The Balaban J connectivity index is 1.58. The van der Waals surface area contributed by atoms with E-state index < -0.39 is 23.6 Å². The predicted octanol–water partition coefficient (Wildman–Crippen LogP) is 5.57. The van der Waals surface area contributed by atoms with Crippen LogP contribution in [0.1, 0.15) is 35.5 Å². The van der Waals surface area contributed by atoms with E-state index in [1.165, 1.54) is 4.90 Å². The van der Waals surface area contributed by atoms with E-state index in [4.69, 9.17) is 9.47 Å². The molecule has 1 saturated heterocycles. The van der Waals surface area contributed by atoms with Gasteiger partial charge in [0.15, 0.2) is 5.82 Å². The number of rotatable bonds is 7. The lowest BCUT2D eigenvalue weighted by Crippen LogP contribution is -2.42. The third-order valence-electron chi connectivity index (χ3n) is 6.54. The molecule has 1 aliphatic rings. The summed E-state index contributed by atoms with van der Waals surface area (Å²) in [7, 11) is 1.62. The molecule has 7 heteroatoms. The standard InChI is InChI=1S/C29H27N3O4/c1-19-14-23(16-24(15-19)35-3)25-18-30-26(31-25)29(17-21-10-6-4-7-11-21)27(33)32(28(34)36-29)20(2)22-12-8-5-9-13-22/h4-16,18,20H,17H2,1-3H3,(H,30,31)/t20-,29-/m1/s1. The molecular weight excluding hydrogens is 454 g/mol. The molecule has 3 aromatic carbocycles. The van der Waals surface area contributed by atoms with E-state index in [0.717, 1.165) is 22.3 Å². The minimum Gasteiger partial charge on any atom is -0.497 e. The number of imidazole rings is 1. The summed E-state index contributed by atoms with van der Waals surface area (Å²) in [6, 6.07) is 24.2. The van der Waals surface area contributed by atoms with Gasteiger partial charge in [-0.1, -0.05) is 60.7 Å². The number of nitrogens with zero attached hydrogens (tertiary/aromatic N) is 2. The smallest absolute Gasteiger partial charge is 0.418 e. The number of ether oxygens (including phenoxy) is 2. The Morgan fingerprint density at radius 1 is 1.03 bits per heavy atom. The van der Waals surface area contributed by atoms with E-state index in [2.05, 4.69) is 9.97 Å². The number of hydrogen-bond acceptors (Lipinski definition) is 5. The quantitative estimate of drug-likeness (QED) is 0.373. The zero-order valence-electron chi connectivity index (χ0n) is 20.4. The third kappa shape index (κ3) is 4.13. The van der Waals surface area contributed by atoms with Gasteiger partial charge in [-0.3, -0.25) is 4.79 Å². The number of aromatic amines is 1. The number of carbonyl (C=O) groups excluding carboxylic acids is 2. The Labute approximate surface area is 209 Å². The number of amides is 2. The first-order chi connectivity index (χ1) is 17.4. The van der Waals surface area contributed by atoms with Gasteiger partial charge in [0, 0.05) is 12.0 Å². The second-order valence-electron chi connectivity index (χ2n) is 9.00. The second kappa shape index (κ2) is 9.34. The molecule has 0 aliphatic carbocycles. The minimum atomic E-state index is -1.62. The molecule has 1 fully saturated rings. The SMILES string of the molecule is COc1cc(C)cc(-c2cnc([C@@]3(Cc4ccccc4)OC(=O)N([C@H](C)c4ccccc4)C3=O)[nH]2)c1. The highest BCUT2D eigenvalue weighted by atomic mass is 16.6. The van der Waals surface area contributed by atoms with Crippen LogP contribution in [0.15, 0.2) is 85.1 Å². The van der Waals surface area contributed by atoms with Crippen LogP contribution in [0.4, 0.5) is 4.79 Å². The Bertz CT molecular complexity index is 1400. The zero-order chi connectivity index (χ0) is 25.3. The topological polar surface area (TPSA) is 84.5 Å². The van der Waals surface area contributed by atoms with Gasteiger partial charge < -0.3 is 14.5 Å². The Morgan fingerprint density at radius 3 is 2.42 bits per heavy atom. The Morgan fingerprint density at radius 2 is 1.72 bits per heavy atom. The molecule has 7 nitrogen and oxygen atoms in total. The van der Waals surface area contributed by atoms with Gasteiger partial charge in [0.1, 0.15) is 5.75 Å². The highest BCUT2D eigenvalue weighted by molar-refractivity contribution is 6.03. The van der Waals surface area contributed by atoms with Crippen LogP contribution >= 0.6 is 0 Å². The number of aryl methyl sites for hydroxylation is 1. The summed E-state index contributed by atoms with van der Waals surface area (Å²) in [5, 5.41) is 0. The average Bonchev–Trinajstić information content (AvgIpc) is 3.48. The molecule has 1 aromatic heterocycles. The van der Waals surface area contributed by atoms with Crippen LogP contribution in [0.5, 0.6) is 5.75 Å². The van der Waals surface area contributed by atoms with Crippen molar-refractivity contribution >= 4 is 12.0 Å². The molecule has 0 unspecified atom stereocenters. The molecule has 182 valence electrons. The fourth-order valence-electron chi connectivity index (χ4n) is 4.66. The zero-order valence-corrected chi connectivity index (χ0v) is 20.4. The van der Waals surface area contributed by atoms with Crippen molar-refractivity contribution in [2.24, 2.45) is 0 Å². The molecule has 5 rings (SSSR count). The van der Waals surface area contributed by atoms with Crippen molar-refractivity contribution in [3.05, 3.63) is 108 Å². The molecule has 0 bridgehead atoms. The van der Waals surface area contributed by atoms with Crippen molar-refractivity contribution in [1.82, 2.24) is 14.9 Å². The van der Waals surface area contributed by atoms with Gasteiger partial charge in [-0.2, -0.15) is 0 Å². The lowest BCUT2D eigenvalue weighted by atomic mass is 9.92. The lowest BCUT2D eigenvalue weighted by Gasteiger charge is -2.25. The Kier molecular flexibility index (Phi) is 6.06. The maximum atomic E-state index is 14.1.